The highest BCUT2D eigenvalue weighted by atomic mass is 19.1. The number of hydrogen-bond donors (Lipinski definition) is 1. The van der Waals surface area contributed by atoms with Gasteiger partial charge in [-0.15, -0.1) is 0 Å². The summed E-state index contributed by atoms with van der Waals surface area (Å²) in [5.74, 6) is -0.526. The summed E-state index contributed by atoms with van der Waals surface area (Å²) in [5, 5.41) is 8.85. The molecule has 5 aromatic rings. The predicted molar refractivity (Wildman–Crippen MR) is 106 cm³/mol. The lowest BCUT2D eigenvalue weighted by atomic mass is 9.98. The lowest BCUT2D eigenvalue weighted by Crippen LogP contribution is -2.41. The molecule has 0 saturated heterocycles. The molecular formula is C21H16FN7O. The molecule has 6 rings (SSSR count). The van der Waals surface area contributed by atoms with E-state index in [1.807, 2.05) is 18.2 Å². The summed E-state index contributed by atoms with van der Waals surface area (Å²) in [7, 11) is 0. The lowest BCUT2D eigenvalue weighted by molar-refractivity contribution is 0.0689. The van der Waals surface area contributed by atoms with Crippen LogP contribution in [0.5, 0.6) is 0 Å². The standard InChI is InChI=1S/C21H16FN7O/c22-14-4-3-8-29-18(14)10-16(26-29)20-19-15(23-12-24-19)6-9-27(20)21(30)13-11-25-28-7-2-1-5-17(13)28/h1-5,7-8,10-12,20H,6,9H2,(H,23,24)/t20-/m1/s1. The highest BCUT2D eigenvalue weighted by Crippen LogP contribution is 2.35. The monoisotopic (exact) mass is 401 g/mol. The zero-order valence-corrected chi connectivity index (χ0v) is 15.7. The van der Waals surface area contributed by atoms with E-state index in [9.17, 15) is 9.18 Å². The third-order valence-corrected chi connectivity index (χ3v) is 5.59. The Balaban J connectivity index is 1.50. The maximum Gasteiger partial charge on any atom is 0.258 e. The Hall–Kier alpha value is -4.01. The van der Waals surface area contributed by atoms with E-state index in [0.717, 1.165) is 16.9 Å². The van der Waals surface area contributed by atoms with Crippen LogP contribution in [-0.2, 0) is 6.42 Å². The average molecular weight is 401 g/mol. The molecule has 1 atom stereocenters. The van der Waals surface area contributed by atoms with Crippen molar-refractivity contribution in [2.45, 2.75) is 12.5 Å². The van der Waals surface area contributed by atoms with Crippen molar-refractivity contribution in [3.63, 3.8) is 0 Å². The van der Waals surface area contributed by atoms with Crippen LogP contribution in [0.1, 0.15) is 33.5 Å². The number of rotatable bonds is 2. The number of amides is 1. The van der Waals surface area contributed by atoms with Crippen LogP contribution in [0.4, 0.5) is 4.39 Å². The molecule has 1 amide bonds. The maximum atomic E-state index is 14.3. The van der Waals surface area contributed by atoms with Crippen molar-refractivity contribution in [2.24, 2.45) is 0 Å². The molecule has 0 spiro atoms. The minimum absolute atomic E-state index is 0.160. The van der Waals surface area contributed by atoms with E-state index in [-0.39, 0.29) is 11.7 Å². The molecule has 0 fully saturated rings. The molecule has 0 aromatic carbocycles. The first-order chi connectivity index (χ1) is 14.7. The summed E-state index contributed by atoms with van der Waals surface area (Å²) in [4.78, 5) is 23.0. The summed E-state index contributed by atoms with van der Waals surface area (Å²) in [6.45, 7) is 0.485. The van der Waals surface area contributed by atoms with E-state index in [1.54, 1.807) is 46.5 Å². The number of carbonyl (C=O) groups excluding carboxylic acids is 1. The molecule has 0 unspecified atom stereocenters. The summed E-state index contributed by atoms with van der Waals surface area (Å²) < 4.78 is 17.4. The van der Waals surface area contributed by atoms with E-state index in [2.05, 4.69) is 20.2 Å². The third kappa shape index (κ3) is 2.38. The fourth-order valence-corrected chi connectivity index (χ4v) is 4.18. The minimum Gasteiger partial charge on any atom is -0.348 e. The van der Waals surface area contributed by atoms with Crippen molar-refractivity contribution in [3.05, 3.63) is 89.8 Å². The second kappa shape index (κ2) is 6.24. The number of aromatic nitrogens is 6. The largest absolute Gasteiger partial charge is 0.348 e. The first-order valence-corrected chi connectivity index (χ1v) is 9.60. The van der Waals surface area contributed by atoms with Gasteiger partial charge in [-0.3, -0.25) is 4.79 Å². The highest BCUT2D eigenvalue weighted by Gasteiger charge is 2.37. The fourth-order valence-electron chi connectivity index (χ4n) is 4.18. The average Bonchev–Trinajstić information content (AvgIpc) is 3.50. The molecule has 5 aromatic heterocycles. The molecule has 6 heterocycles. The van der Waals surface area contributed by atoms with Crippen LogP contribution in [0.15, 0.2) is 61.3 Å². The van der Waals surface area contributed by atoms with Gasteiger partial charge in [0.1, 0.15) is 17.4 Å². The Labute approximate surface area is 169 Å². The summed E-state index contributed by atoms with van der Waals surface area (Å²) in [6, 6.07) is 9.74. The topological polar surface area (TPSA) is 83.6 Å². The first-order valence-electron chi connectivity index (χ1n) is 9.60. The minimum atomic E-state index is -0.523. The third-order valence-electron chi connectivity index (χ3n) is 5.59. The van der Waals surface area contributed by atoms with Crippen LogP contribution in [-0.4, -0.2) is 46.5 Å². The van der Waals surface area contributed by atoms with Gasteiger partial charge in [-0.05, 0) is 30.3 Å². The van der Waals surface area contributed by atoms with E-state index >= 15 is 0 Å². The maximum absolute atomic E-state index is 14.3. The van der Waals surface area contributed by atoms with E-state index in [4.69, 9.17) is 0 Å². The predicted octanol–water partition coefficient (Wildman–Crippen LogP) is 2.63. The molecule has 0 saturated carbocycles. The van der Waals surface area contributed by atoms with Crippen molar-refractivity contribution in [3.8, 4) is 0 Å². The number of nitrogens with zero attached hydrogens (tertiary/aromatic N) is 6. The molecular weight excluding hydrogens is 385 g/mol. The zero-order chi connectivity index (χ0) is 20.2. The van der Waals surface area contributed by atoms with E-state index in [0.29, 0.717) is 29.7 Å². The second-order valence-corrected chi connectivity index (χ2v) is 7.26. The van der Waals surface area contributed by atoms with Gasteiger partial charge in [-0.2, -0.15) is 10.2 Å². The van der Waals surface area contributed by atoms with Crippen LogP contribution in [0.3, 0.4) is 0 Å². The number of halogens is 1. The Kier molecular flexibility index (Phi) is 3.52. The Morgan fingerprint density at radius 3 is 2.93 bits per heavy atom. The van der Waals surface area contributed by atoms with Crippen LogP contribution in [0.2, 0.25) is 0 Å². The number of imidazole rings is 1. The van der Waals surface area contributed by atoms with Gasteiger partial charge in [0.25, 0.3) is 5.91 Å². The van der Waals surface area contributed by atoms with Crippen molar-refractivity contribution < 1.29 is 9.18 Å². The lowest BCUT2D eigenvalue weighted by Gasteiger charge is -2.33. The second-order valence-electron chi connectivity index (χ2n) is 7.26. The Bertz CT molecular complexity index is 1420. The van der Waals surface area contributed by atoms with Crippen molar-refractivity contribution >= 4 is 16.9 Å². The summed E-state index contributed by atoms with van der Waals surface area (Å²) in [6.07, 6.45) is 7.35. The molecule has 0 aliphatic carbocycles. The number of aromatic amines is 1. The Morgan fingerprint density at radius 2 is 2.03 bits per heavy atom. The Morgan fingerprint density at radius 1 is 1.13 bits per heavy atom. The van der Waals surface area contributed by atoms with Gasteiger partial charge in [0.2, 0.25) is 0 Å². The zero-order valence-electron chi connectivity index (χ0n) is 15.7. The summed E-state index contributed by atoms with van der Waals surface area (Å²) >= 11 is 0. The molecule has 8 nitrogen and oxygen atoms in total. The number of carbonyl (C=O) groups is 1. The number of hydrogen-bond acceptors (Lipinski definition) is 4. The van der Waals surface area contributed by atoms with Crippen molar-refractivity contribution in [2.75, 3.05) is 6.54 Å². The van der Waals surface area contributed by atoms with Gasteiger partial charge in [-0.1, -0.05) is 6.07 Å². The van der Waals surface area contributed by atoms with Gasteiger partial charge in [0.15, 0.2) is 0 Å². The van der Waals surface area contributed by atoms with Gasteiger partial charge >= 0.3 is 0 Å². The molecule has 30 heavy (non-hydrogen) atoms. The van der Waals surface area contributed by atoms with Gasteiger partial charge < -0.3 is 9.88 Å². The van der Waals surface area contributed by atoms with Crippen LogP contribution in [0, 0.1) is 5.82 Å². The molecule has 1 N–H and O–H groups in total. The smallest absolute Gasteiger partial charge is 0.258 e. The number of H-pyrrole nitrogens is 1. The number of fused-ring (bicyclic) bond motifs is 3. The highest BCUT2D eigenvalue weighted by molar-refractivity contribution is 6.01. The molecule has 0 radical (unpaired) electrons. The van der Waals surface area contributed by atoms with Crippen molar-refractivity contribution in [1.29, 1.82) is 0 Å². The van der Waals surface area contributed by atoms with Crippen LogP contribution < -0.4 is 0 Å². The van der Waals surface area contributed by atoms with Gasteiger partial charge in [0.05, 0.1) is 35.0 Å². The van der Waals surface area contributed by atoms with Gasteiger partial charge in [0, 0.05) is 31.1 Å². The number of pyridine rings is 2. The normalized spacial score (nSPS) is 16.3. The molecule has 148 valence electrons. The van der Waals surface area contributed by atoms with Crippen LogP contribution >= 0.6 is 0 Å². The molecule has 0 bridgehead atoms. The first kappa shape index (κ1) is 16.9. The van der Waals surface area contributed by atoms with E-state index < -0.39 is 6.04 Å². The SMILES string of the molecule is O=C(c1cnn2ccccc12)N1CCc2[nH]cnc2[C@H]1c1cc2c(F)cccn2n1. The number of nitrogens with one attached hydrogen (secondary N) is 1. The van der Waals surface area contributed by atoms with Crippen LogP contribution in [0.25, 0.3) is 11.0 Å². The molecule has 1 aliphatic heterocycles. The molecule has 9 heteroatoms. The van der Waals surface area contributed by atoms with Crippen molar-refractivity contribution in [1.82, 2.24) is 34.1 Å². The molecule has 1 aliphatic rings. The fraction of sp³-hybridized carbons (Fsp3) is 0.143. The quantitative estimate of drug-likeness (QED) is 0.493. The summed E-state index contributed by atoms with van der Waals surface area (Å²) in [5.41, 5.74) is 3.86. The van der Waals surface area contributed by atoms with Gasteiger partial charge in [-0.25, -0.2) is 18.4 Å². The van der Waals surface area contributed by atoms with E-state index in [1.165, 1.54) is 10.6 Å².